The lowest BCUT2D eigenvalue weighted by atomic mass is 9.70. The van der Waals surface area contributed by atoms with Crippen LogP contribution in [-0.4, -0.2) is 37.4 Å². The summed E-state index contributed by atoms with van der Waals surface area (Å²) < 4.78 is 16.4. The molecule has 0 saturated heterocycles. The van der Waals surface area contributed by atoms with Gasteiger partial charge in [0.15, 0.2) is 0 Å². The van der Waals surface area contributed by atoms with Gasteiger partial charge in [0.2, 0.25) is 0 Å². The highest BCUT2D eigenvalue weighted by atomic mass is 16.6. The van der Waals surface area contributed by atoms with Crippen molar-refractivity contribution in [3.8, 4) is 0 Å². The number of rotatable bonds is 8. The van der Waals surface area contributed by atoms with E-state index in [1.807, 2.05) is 20.8 Å². The topological polar surface area (TPSA) is 61.8 Å². The molecule has 2 aliphatic rings. The van der Waals surface area contributed by atoms with E-state index >= 15 is 0 Å². The minimum absolute atomic E-state index is 0.0968. The first kappa shape index (κ1) is 20.2. The standard InChI is InChI=1S/C20H34O5/c1-7-18(3,4)17(22)24-11-10-23-13-16(21)25-20(6)14(2)19(5)9-8-15(20)12-19/h14-15H,7-13H2,1-6H3. The van der Waals surface area contributed by atoms with E-state index in [-0.39, 0.29) is 37.4 Å². The van der Waals surface area contributed by atoms with Crippen LogP contribution in [-0.2, 0) is 23.8 Å². The van der Waals surface area contributed by atoms with E-state index in [0.717, 1.165) is 19.3 Å². The van der Waals surface area contributed by atoms with Crippen molar-refractivity contribution >= 4 is 11.9 Å². The van der Waals surface area contributed by atoms with Crippen LogP contribution < -0.4 is 0 Å². The van der Waals surface area contributed by atoms with Crippen LogP contribution in [0.2, 0.25) is 0 Å². The van der Waals surface area contributed by atoms with Crippen LogP contribution in [0.1, 0.15) is 67.2 Å². The zero-order chi connectivity index (χ0) is 18.9. The van der Waals surface area contributed by atoms with Gasteiger partial charge >= 0.3 is 11.9 Å². The first-order valence-electron chi connectivity index (χ1n) is 9.52. The Kier molecular flexibility index (Phi) is 5.87. The number of hydrogen-bond acceptors (Lipinski definition) is 5. The predicted molar refractivity (Wildman–Crippen MR) is 95.0 cm³/mol. The highest BCUT2D eigenvalue weighted by molar-refractivity contribution is 5.75. The van der Waals surface area contributed by atoms with E-state index in [1.165, 1.54) is 6.42 Å². The number of esters is 2. The van der Waals surface area contributed by atoms with Crippen molar-refractivity contribution in [1.29, 1.82) is 0 Å². The quantitative estimate of drug-likeness (QED) is 0.491. The molecule has 5 heteroatoms. The lowest BCUT2D eigenvalue weighted by Crippen LogP contribution is -2.46. The highest BCUT2D eigenvalue weighted by Gasteiger charge is 2.61. The van der Waals surface area contributed by atoms with Gasteiger partial charge in [-0.15, -0.1) is 0 Å². The zero-order valence-corrected chi connectivity index (χ0v) is 16.6. The van der Waals surface area contributed by atoms with E-state index in [4.69, 9.17) is 14.2 Å². The van der Waals surface area contributed by atoms with E-state index in [9.17, 15) is 9.59 Å². The summed E-state index contributed by atoms with van der Waals surface area (Å²) >= 11 is 0. The van der Waals surface area contributed by atoms with Gasteiger partial charge < -0.3 is 14.2 Å². The molecule has 144 valence electrons. The van der Waals surface area contributed by atoms with Crippen molar-refractivity contribution < 1.29 is 23.8 Å². The molecule has 0 amide bonds. The normalized spacial score (nSPS) is 34.2. The summed E-state index contributed by atoms with van der Waals surface area (Å²) in [4.78, 5) is 24.0. The number of hydrogen-bond donors (Lipinski definition) is 0. The smallest absolute Gasteiger partial charge is 0.332 e. The molecule has 2 fully saturated rings. The van der Waals surface area contributed by atoms with Gasteiger partial charge in [-0.05, 0) is 57.8 Å². The maximum absolute atomic E-state index is 12.2. The van der Waals surface area contributed by atoms with E-state index in [2.05, 4.69) is 20.8 Å². The fourth-order valence-electron chi connectivity index (χ4n) is 4.33. The van der Waals surface area contributed by atoms with Gasteiger partial charge in [0.05, 0.1) is 12.0 Å². The zero-order valence-electron chi connectivity index (χ0n) is 16.6. The molecule has 4 unspecified atom stereocenters. The minimum atomic E-state index is -0.485. The lowest BCUT2D eigenvalue weighted by Gasteiger charge is -2.42. The molecule has 2 aliphatic carbocycles. The molecule has 0 aromatic heterocycles. The fourth-order valence-corrected chi connectivity index (χ4v) is 4.33. The Balaban J connectivity index is 1.69. The van der Waals surface area contributed by atoms with Crippen LogP contribution in [0.25, 0.3) is 0 Å². The van der Waals surface area contributed by atoms with Gasteiger partial charge in [-0.1, -0.05) is 20.8 Å². The van der Waals surface area contributed by atoms with Gasteiger partial charge in [0, 0.05) is 5.92 Å². The Morgan fingerprint density at radius 3 is 2.44 bits per heavy atom. The minimum Gasteiger partial charge on any atom is -0.463 e. The summed E-state index contributed by atoms with van der Waals surface area (Å²) in [7, 11) is 0. The number of carbonyl (C=O) groups excluding carboxylic acids is 2. The average Bonchev–Trinajstić information content (AvgIpc) is 3.03. The maximum atomic E-state index is 12.2. The van der Waals surface area contributed by atoms with E-state index < -0.39 is 5.41 Å². The van der Waals surface area contributed by atoms with Crippen LogP contribution in [0.5, 0.6) is 0 Å². The molecule has 2 bridgehead atoms. The molecule has 5 nitrogen and oxygen atoms in total. The van der Waals surface area contributed by atoms with Crippen LogP contribution in [0.3, 0.4) is 0 Å². The third kappa shape index (κ3) is 4.02. The molecule has 0 heterocycles. The first-order chi connectivity index (χ1) is 11.5. The van der Waals surface area contributed by atoms with Gasteiger partial charge in [-0.3, -0.25) is 4.79 Å². The molecule has 0 N–H and O–H groups in total. The summed E-state index contributed by atoms with van der Waals surface area (Å²) in [5, 5.41) is 0. The second-order valence-corrected chi connectivity index (χ2v) is 8.90. The molecule has 2 saturated carbocycles. The molecule has 4 atom stereocenters. The second-order valence-electron chi connectivity index (χ2n) is 8.90. The van der Waals surface area contributed by atoms with Crippen molar-refractivity contribution in [2.24, 2.45) is 22.7 Å². The largest absolute Gasteiger partial charge is 0.463 e. The third-order valence-corrected chi connectivity index (χ3v) is 6.94. The predicted octanol–water partition coefficient (Wildman–Crippen LogP) is 3.74. The molecule has 2 rings (SSSR count). The monoisotopic (exact) mass is 354 g/mol. The first-order valence-corrected chi connectivity index (χ1v) is 9.52. The van der Waals surface area contributed by atoms with E-state index in [0.29, 0.717) is 17.3 Å². The number of carbonyl (C=O) groups is 2. The second kappa shape index (κ2) is 7.26. The summed E-state index contributed by atoms with van der Waals surface area (Å²) in [5.74, 6) is 0.247. The molecule has 0 aromatic carbocycles. The molecule has 0 aromatic rings. The van der Waals surface area contributed by atoms with Crippen molar-refractivity contribution in [2.45, 2.75) is 72.8 Å². The van der Waals surface area contributed by atoms with Crippen LogP contribution in [0.4, 0.5) is 0 Å². The summed E-state index contributed by atoms with van der Waals surface area (Å²) in [6.07, 6.45) is 4.22. The third-order valence-electron chi connectivity index (χ3n) is 6.94. The summed E-state index contributed by atoms with van der Waals surface area (Å²) in [6.45, 7) is 12.5. The average molecular weight is 354 g/mol. The Morgan fingerprint density at radius 1 is 1.20 bits per heavy atom. The number of ether oxygens (including phenoxy) is 3. The van der Waals surface area contributed by atoms with Crippen molar-refractivity contribution in [3.05, 3.63) is 0 Å². The molecule has 25 heavy (non-hydrogen) atoms. The maximum Gasteiger partial charge on any atom is 0.332 e. The SMILES string of the molecule is CCC(C)(C)C(=O)OCCOCC(=O)OC1(C)C2CCC(C)(C2)C1C. The lowest BCUT2D eigenvalue weighted by molar-refractivity contribution is -0.177. The van der Waals surface area contributed by atoms with Gasteiger partial charge in [0.25, 0.3) is 0 Å². The Labute approximate surface area is 151 Å². The molecular weight excluding hydrogens is 320 g/mol. The van der Waals surface area contributed by atoms with Crippen molar-refractivity contribution in [2.75, 3.05) is 19.8 Å². The van der Waals surface area contributed by atoms with Crippen LogP contribution >= 0.6 is 0 Å². The Hall–Kier alpha value is -1.10. The molecule has 0 radical (unpaired) electrons. The molecule has 0 spiro atoms. The molecular formula is C20H34O5. The van der Waals surface area contributed by atoms with E-state index in [1.54, 1.807) is 0 Å². The summed E-state index contributed by atoms with van der Waals surface area (Å²) in [5.41, 5.74) is -0.576. The van der Waals surface area contributed by atoms with Gasteiger partial charge in [0.1, 0.15) is 18.8 Å². The highest BCUT2D eigenvalue weighted by Crippen LogP contribution is 2.63. The van der Waals surface area contributed by atoms with Gasteiger partial charge in [-0.25, -0.2) is 4.79 Å². The van der Waals surface area contributed by atoms with Gasteiger partial charge in [-0.2, -0.15) is 0 Å². The Morgan fingerprint density at radius 2 is 1.88 bits per heavy atom. The number of fused-ring (bicyclic) bond motifs is 2. The Bertz CT molecular complexity index is 514. The fraction of sp³-hybridized carbons (Fsp3) is 0.900. The van der Waals surface area contributed by atoms with Crippen molar-refractivity contribution in [3.63, 3.8) is 0 Å². The van der Waals surface area contributed by atoms with Crippen LogP contribution in [0.15, 0.2) is 0 Å². The van der Waals surface area contributed by atoms with Crippen molar-refractivity contribution in [1.82, 2.24) is 0 Å². The molecule has 0 aliphatic heterocycles. The van der Waals surface area contributed by atoms with Crippen LogP contribution in [0, 0.1) is 22.7 Å². The summed E-state index contributed by atoms with van der Waals surface area (Å²) in [6, 6.07) is 0.